The molecule has 2 rings (SSSR count). The van der Waals surface area contributed by atoms with Crippen molar-refractivity contribution in [3.63, 3.8) is 0 Å². The summed E-state index contributed by atoms with van der Waals surface area (Å²) in [5, 5.41) is 0.195. The second kappa shape index (κ2) is 4.36. The highest BCUT2D eigenvalue weighted by Gasteiger charge is 2.66. The number of benzene rings is 1. The molecule has 0 amide bonds. The first-order valence-electron chi connectivity index (χ1n) is 6.49. The van der Waals surface area contributed by atoms with Crippen molar-refractivity contribution in [3.05, 3.63) is 22.7 Å². The Balaban J connectivity index is 2.36. The van der Waals surface area contributed by atoms with E-state index in [9.17, 15) is 8.42 Å². The maximum absolute atomic E-state index is 12.5. The minimum atomic E-state index is -3.67. The number of rotatable bonds is 3. The van der Waals surface area contributed by atoms with Gasteiger partial charge in [0.1, 0.15) is 4.90 Å². The first-order chi connectivity index (χ1) is 8.91. The third-order valence-corrected chi connectivity index (χ3v) is 6.79. The highest BCUT2D eigenvalue weighted by molar-refractivity contribution is 7.89. The van der Waals surface area contributed by atoms with E-state index in [2.05, 4.69) is 4.72 Å². The normalized spacial score (nSPS) is 20.9. The van der Waals surface area contributed by atoms with Crippen molar-refractivity contribution >= 4 is 27.3 Å². The van der Waals surface area contributed by atoms with Gasteiger partial charge in [-0.25, -0.2) is 13.1 Å². The van der Waals surface area contributed by atoms with Crippen LogP contribution in [-0.4, -0.2) is 14.5 Å². The molecule has 0 heterocycles. The topological polar surface area (TPSA) is 72.2 Å². The fraction of sp³-hybridized carbons (Fsp3) is 0.571. The Kier molecular flexibility index (Phi) is 3.40. The molecule has 0 bridgehead atoms. The van der Waals surface area contributed by atoms with E-state index < -0.39 is 10.0 Å². The van der Waals surface area contributed by atoms with Crippen LogP contribution in [0.2, 0.25) is 5.02 Å². The molecule has 112 valence electrons. The zero-order valence-corrected chi connectivity index (χ0v) is 14.0. The highest BCUT2D eigenvalue weighted by atomic mass is 35.5. The van der Waals surface area contributed by atoms with E-state index in [0.717, 1.165) is 5.56 Å². The minimum absolute atomic E-state index is 0.0424. The van der Waals surface area contributed by atoms with Gasteiger partial charge in [0.15, 0.2) is 0 Å². The maximum Gasteiger partial charge on any atom is 0.242 e. The third-order valence-electron chi connectivity index (χ3n) is 4.90. The Morgan fingerprint density at radius 1 is 1.20 bits per heavy atom. The lowest BCUT2D eigenvalue weighted by Gasteiger charge is -2.11. The van der Waals surface area contributed by atoms with Crippen LogP contribution in [0, 0.1) is 17.8 Å². The number of aryl methyl sites for hydroxylation is 1. The van der Waals surface area contributed by atoms with Crippen LogP contribution in [0.3, 0.4) is 0 Å². The summed E-state index contributed by atoms with van der Waals surface area (Å²) >= 11 is 6.06. The molecule has 0 unspecified atom stereocenters. The molecule has 20 heavy (non-hydrogen) atoms. The lowest BCUT2D eigenvalue weighted by molar-refractivity contribution is 0.457. The summed E-state index contributed by atoms with van der Waals surface area (Å²) in [5.41, 5.74) is 6.81. The predicted molar refractivity (Wildman–Crippen MR) is 82.3 cm³/mol. The van der Waals surface area contributed by atoms with E-state index in [-0.39, 0.29) is 26.8 Å². The van der Waals surface area contributed by atoms with E-state index in [4.69, 9.17) is 17.3 Å². The third kappa shape index (κ3) is 2.22. The number of halogens is 1. The van der Waals surface area contributed by atoms with Crippen molar-refractivity contribution in [2.24, 2.45) is 10.8 Å². The lowest BCUT2D eigenvalue weighted by atomic mass is 10.0. The summed E-state index contributed by atoms with van der Waals surface area (Å²) in [6.45, 7) is 9.98. The largest absolute Gasteiger partial charge is 0.398 e. The summed E-state index contributed by atoms with van der Waals surface area (Å²) in [6.07, 6.45) is 0. The summed E-state index contributed by atoms with van der Waals surface area (Å²) in [5.74, 6) is 0. The molecule has 0 aliphatic heterocycles. The average molecular weight is 317 g/mol. The van der Waals surface area contributed by atoms with E-state index in [1.165, 1.54) is 6.07 Å². The zero-order chi connectivity index (χ0) is 15.5. The van der Waals surface area contributed by atoms with E-state index >= 15 is 0 Å². The van der Waals surface area contributed by atoms with E-state index in [1.807, 2.05) is 27.7 Å². The molecule has 0 radical (unpaired) electrons. The number of hydrogen-bond donors (Lipinski definition) is 2. The van der Waals surface area contributed by atoms with Gasteiger partial charge in [-0.3, -0.25) is 0 Å². The minimum Gasteiger partial charge on any atom is -0.398 e. The maximum atomic E-state index is 12.5. The fourth-order valence-corrected chi connectivity index (χ4v) is 4.73. The van der Waals surface area contributed by atoms with Crippen molar-refractivity contribution in [2.75, 3.05) is 5.73 Å². The molecule has 0 aromatic heterocycles. The summed E-state index contributed by atoms with van der Waals surface area (Å²) in [7, 11) is -3.67. The first kappa shape index (κ1) is 15.6. The molecule has 6 heteroatoms. The van der Waals surface area contributed by atoms with Gasteiger partial charge in [0, 0.05) is 11.7 Å². The van der Waals surface area contributed by atoms with E-state index in [1.54, 1.807) is 13.0 Å². The number of anilines is 1. The summed E-state index contributed by atoms with van der Waals surface area (Å²) < 4.78 is 27.7. The first-order valence-corrected chi connectivity index (χ1v) is 8.35. The van der Waals surface area contributed by atoms with Gasteiger partial charge < -0.3 is 5.73 Å². The van der Waals surface area contributed by atoms with Gasteiger partial charge in [0.25, 0.3) is 0 Å². The molecular formula is C14H21ClN2O2S. The molecule has 4 nitrogen and oxygen atoms in total. The van der Waals surface area contributed by atoms with Crippen LogP contribution in [-0.2, 0) is 10.0 Å². The quantitative estimate of drug-likeness (QED) is 0.842. The number of sulfonamides is 1. The predicted octanol–water partition coefficient (Wildman–Crippen LogP) is 2.94. The summed E-state index contributed by atoms with van der Waals surface area (Å²) in [6, 6.07) is 2.88. The van der Waals surface area contributed by atoms with Crippen LogP contribution in [0.5, 0.6) is 0 Å². The van der Waals surface area contributed by atoms with Gasteiger partial charge in [-0.2, -0.15) is 0 Å². The molecule has 0 saturated heterocycles. The second-order valence-electron chi connectivity index (χ2n) is 6.64. The molecule has 1 aromatic carbocycles. The SMILES string of the molecule is Cc1cc(Cl)c(S(=O)(=O)NC2C(C)(C)C2(C)C)cc1N. The van der Waals surface area contributed by atoms with Gasteiger partial charge in [-0.1, -0.05) is 39.3 Å². The highest BCUT2D eigenvalue weighted by Crippen LogP contribution is 2.63. The Morgan fingerprint density at radius 3 is 2.15 bits per heavy atom. The Bertz CT molecular complexity index is 652. The molecule has 0 atom stereocenters. The molecule has 0 spiro atoms. The van der Waals surface area contributed by atoms with Gasteiger partial charge in [-0.05, 0) is 35.4 Å². The van der Waals surface area contributed by atoms with Crippen LogP contribution in [0.15, 0.2) is 17.0 Å². The van der Waals surface area contributed by atoms with Crippen molar-refractivity contribution < 1.29 is 8.42 Å². The van der Waals surface area contributed by atoms with Crippen LogP contribution >= 0.6 is 11.6 Å². The molecule has 3 N–H and O–H groups in total. The van der Waals surface area contributed by atoms with Gasteiger partial charge in [0.05, 0.1) is 5.02 Å². The van der Waals surface area contributed by atoms with Crippen molar-refractivity contribution in [2.45, 2.75) is 45.6 Å². The zero-order valence-electron chi connectivity index (χ0n) is 12.4. The van der Waals surface area contributed by atoms with E-state index in [0.29, 0.717) is 5.69 Å². The molecule has 1 aromatic rings. The van der Waals surface area contributed by atoms with Crippen LogP contribution in [0.1, 0.15) is 33.3 Å². The summed E-state index contributed by atoms with van der Waals surface area (Å²) in [4.78, 5) is 0.0424. The van der Waals surface area contributed by atoms with Gasteiger partial charge in [-0.15, -0.1) is 0 Å². The molecular weight excluding hydrogens is 296 g/mol. The van der Waals surface area contributed by atoms with Gasteiger partial charge in [0.2, 0.25) is 10.0 Å². The van der Waals surface area contributed by atoms with Crippen molar-refractivity contribution in [1.29, 1.82) is 0 Å². The van der Waals surface area contributed by atoms with Crippen LogP contribution < -0.4 is 10.5 Å². The molecule has 1 saturated carbocycles. The number of nitrogens with one attached hydrogen (secondary N) is 1. The van der Waals surface area contributed by atoms with Crippen LogP contribution in [0.4, 0.5) is 5.69 Å². The van der Waals surface area contributed by atoms with Crippen molar-refractivity contribution in [1.82, 2.24) is 4.72 Å². The Labute approximate surface area is 125 Å². The van der Waals surface area contributed by atoms with Gasteiger partial charge >= 0.3 is 0 Å². The monoisotopic (exact) mass is 316 g/mol. The number of nitrogen functional groups attached to an aromatic ring is 1. The van der Waals surface area contributed by atoms with Crippen molar-refractivity contribution in [3.8, 4) is 0 Å². The number of nitrogens with two attached hydrogens (primary N) is 1. The standard InChI is InChI=1S/C14H21ClN2O2S/c1-8-6-9(15)11(7-10(8)16)20(18,19)17-12-13(2,3)14(12,4)5/h6-7,12,17H,16H2,1-5H3. The molecule has 1 fully saturated rings. The lowest BCUT2D eigenvalue weighted by Crippen LogP contribution is -2.30. The smallest absolute Gasteiger partial charge is 0.242 e. The Hall–Kier alpha value is -0.780. The second-order valence-corrected chi connectivity index (χ2v) is 8.73. The van der Waals surface area contributed by atoms with Crippen LogP contribution in [0.25, 0.3) is 0 Å². The average Bonchev–Trinajstić information content (AvgIpc) is 2.65. The molecule has 1 aliphatic rings. The Morgan fingerprint density at radius 2 is 1.70 bits per heavy atom. The number of hydrogen-bond acceptors (Lipinski definition) is 3. The fourth-order valence-electron chi connectivity index (χ4n) is 2.58. The molecule has 1 aliphatic carbocycles.